The Labute approximate surface area is 211 Å². The van der Waals surface area contributed by atoms with Crippen molar-refractivity contribution in [2.75, 3.05) is 57.5 Å². The zero-order chi connectivity index (χ0) is 26.6. The number of hydrogen-bond acceptors (Lipinski definition) is 5. The normalized spacial score (nSPS) is 22.1. The number of allylic oxidation sites excluding steroid dienone is 2. The van der Waals surface area contributed by atoms with Crippen LogP contribution in [0.25, 0.3) is 5.57 Å². The lowest BCUT2D eigenvalue weighted by molar-refractivity contribution is -0.112. The number of amides is 1. The Bertz CT molecular complexity index is 1070. The van der Waals surface area contributed by atoms with Gasteiger partial charge in [-0.15, -0.1) is 0 Å². The molecule has 0 spiro atoms. The average molecular weight is 504 g/mol. The molecule has 36 heavy (non-hydrogen) atoms. The quantitative estimate of drug-likeness (QED) is 0.413. The Morgan fingerprint density at radius 2 is 1.86 bits per heavy atom. The molecule has 2 aliphatic heterocycles. The van der Waals surface area contributed by atoms with Crippen LogP contribution in [-0.2, 0) is 4.79 Å². The van der Waals surface area contributed by atoms with Crippen LogP contribution in [0, 0.1) is 5.82 Å². The molecule has 0 radical (unpaired) electrons. The second-order valence-electron chi connectivity index (χ2n) is 9.50. The second kappa shape index (κ2) is 11.8. The Hall–Kier alpha value is -3.04. The number of rotatable bonds is 8. The molecule has 1 aromatic carbocycles. The minimum atomic E-state index is -2.88. The fraction of sp³-hybridized carbons (Fsp3) is 0.444. The van der Waals surface area contributed by atoms with Crippen molar-refractivity contribution in [3.8, 4) is 0 Å². The number of nitrogens with zero attached hydrogens (tertiary/aromatic N) is 3. The molecular formula is C27H36F3N5O. The number of carbonyl (C=O) groups excluding carboxylic acids is 1. The highest BCUT2D eigenvalue weighted by Crippen LogP contribution is 2.36. The van der Waals surface area contributed by atoms with Crippen LogP contribution in [0.4, 0.5) is 24.5 Å². The van der Waals surface area contributed by atoms with Gasteiger partial charge in [0.1, 0.15) is 5.82 Å². The Morgan fingerprint density at radius 1 is 1.19 bits per heavy atom. The molecule has 1 aromatic rings. The van der Waals surface area contributed by atoms with Gasteiger partial charge in [0.2, 0.25) is 0 Å². The fourth-order valence-electron chi connectivity index (χ4n) is 4.67. The number of halogens is 3. The van der Waals surface area contributed by atoms with E-state index in [9.17, 15) is 13.6 Å². The molecule has 2 atom stereocenters. The van der Waals surface area contributed by atoms with Gasteiger partial charge < -0.3 is 15.5 Å². The van der Waals surface area contributed by atoms with Crippen LogP contribution in [0.5, 0.6) is 0 Å². The van der Waals surface area contributed by atoms with Crippen LogP contribution in [0.15, 0.2) is 54.3 Å². The summed E-state index contributed by atoms with van der Waals surface area (Å²) in [6.45, 7) is 10.2. The highest BCUT2D eigenvalue weighted by atomic mass is 19.3. The first-order valence-electron chi connectivity index (χ1n) is 12.1. The number of anilines is 2. The molecule has 0 saturated carbocycles. The molecular weight excluding hydrogens is 467 g/mol. The number of benzene rings is 1. The van der Waals surface area contributed by atoms with E-state index in [0.717, 1.165) is 11.6 Å². The fourth-order valence-corrected chi connectivity index (χ4v) is 4.67. The number of piperazine rings is 1. The summed E-state index contributed by atoms with van der Waals surface area (Å²) < 4.78 is 43.0. The van der Waals surface area contributed by atoms with E-state index in [4.69, 9.17) is 0 Å². The lowest BCUT2D eigenvalue weighted by Crippen LogP contribution is -2.55. The van der Waals surface area contributed by atoms with Crippen LogP contribution in [-0.4, -0.2) is 81.5 Å². The Kier molecular flexibility index (Phi) is 9.03. The predicted octanol–water partition coefficient (Wildman–Crippen LogP) is 4.10. The molecule has 2 unspecified atom stereocenters. The molecule has 3 rings (SSSR count). The van der Waals surface area contributed by atoms with Gasteiger partial charge in [-0.1, -0.05) is 24.8 Å². The van der Waals surface area contributed by atoms with Crippen molar-refractivity contribution in [3.05, 3.63) is 65.7 Å². The Balaban J connectivity index is 2.07. The maximum Gasteiger partial charge on any atom is 0.264 e. The van der Waals surface area contributed by atoms with Crippen LogP contribution in [0.2, 0.25) is 0 Å². The van der Waals surface area contributed by atoms with Crippen molar-refractivity contribution < 1.29 is 18.0 Å². The van der Waals surface area contributed by atoms with Gasteiger partial charge in [-0.25, -0.2) is 13.2 Å². The zero-order valence-electron chi connectivity index (χ0n) is 21.6. The SMILES string of the molecule is C=C/C=C(\C(=C/NC)C(=O)Nc1cc(C2=CCN(C)C2)c(F)cc1N1CC(C)N(C)C(C)C1)C(F)F. The van der Waals surface area contributed by atoms with E-state index in [0.29, 0.717) is 43.1 Å². The van der Waals surface area contributed by atoms with Gasteiger partial charge in [0.25, 0.3) is 12.3 Å². The van der Waals surface area contributed by atoms with Crippen LogP contribution < -0.4 is 15.5 Å². The molecule has 1 saturated heterocycles. The van der Waals surface area contributed by atoms with Gasteiger partial charge in [0.05, 0.1) is 16.9 Å². The van der Waals surface area contributed by atoms with Gasteiger partial charge in [0, 0.05) is 62.6 Å². The topological polar surface area (TPSA) is 50.9 Å². The minimum Gasteiger partial charge on any atom is -0.393 e. The molecule has 2 aliphatic rings. The molecule has 6 nitrogen and oxygen atoms in total. The summed E-state index contributed by atoms with van der Waals surface area (Å²) in [5, 5.41) is 5.48. The van der Waals surface area contributed by atoms with Gasteiger partial charge in [-0.3, -0.25) is 14.6 Å². The van der Waals surface area contributed by atoms with Crippen molar-refractivity contribution in [3.63, 3.8) is 0 Å². The Morgan fingerprint density at radius 3 is 2.39 bits per heavy atom. The van der Waals surface area contributed by atoms with E-state index < -0.39 is 17.9 Å². The summed E-state index contributed by atoms with van der Waals surface area (Å²) in [5.41, 5.74) is 1.45. The van der Waals surface area contributed by atoms with Crippen LogP contribution >= 0.6 is 0 Å². The van der Waals surface area contributed by atoms with E-state index in [1.807, 2.05) is 22.9 Å². The largest absolute Gasteiger partial charge is 0.393 e. The third kappa shape index (κ3) is 6.02. The van der Waals surface area contributed by atoms with E-state index in [2.05, 4.69) is 43.0 Å². The number of hydrogen-bond donors (Lipinski definition) is 2. The van der Waals surface area contributed by atoms with E-state index >= 15 is 4.39 Å². The number of alkyl halides is 2. The van der Waals surface area contributed by atoms with Crippen LogP contribution in [0.1, 0.15) is 19.4 Å². The summed E-state index contributed by atoms with van der Waals surface area (Å²) >= 11 is 0. The zero-order valence-corrected chi connectivity index (χ0v) is 21.6. The molecule has 0 bridgehead atoms. The molecule has 2 N–H and O–H groups in total. The number of carbonyl (C=O) groups is 1. The lowest BCUT2D eigenvalue weighted by atomic mass is 10.0. The number of likely N-dealkylation sites (N-methyl/N-ethyl adjacent to an activating group) is 2. The standard InChI is InChI=1S/C27H36F3N5O/c1-7-8-20(26(29)30)22(13-31-4)27(36)32-24-11-21(19-9-10-33(5)16-19)23(28)12-25(24)35-14-17(2)34(6)18(3)15-35/h7-9,11-13,17-18,26,31H,1,10,14-16H2,2-6H3,(H,32,36)/b20-8+,22-13+. The molecule has 0 aliphatic carbocycles. The first kappa shape index (κ1) is 27.5. The summed E-state index contributed by atoms with van der Waals surface area (Å²) in [6, 6.07) is 3.47. The molecule has 1 fully saturated rings. The molecule has 0 aromatic heterocycles. The monoisotopic (exact) mass is 503 g/mol. The molecule has 2 heterocycles. The maximum absolute atomic E-state index is 15.4. The average Bonchev–Trinajstić information content (AvgIpc) is 3.25. The number of nitrogens with one attached hydrogen (secondary N) is 2. The maximum atomic E-state index is 15.4. The van der Waals surface area contributed by atoms with Crippen molar-refractivity contribution in [1.29, 1.82) is 0 Å². The summed E-state index contributed by atoms with van der Waals surface area (Å²) in [6.07, 6.45) is 2.64. The van der Waals surface area contributed by atoms with E-state index in [1.165, 1.54) is 25.4 Å². The van der Waals surface area contributed by atoms with Crippen molar-refractivity contribution in [1.82, 2.24) is 15.1 Å². The van der Waals surface area contributed by atoms with Crippen molar-refractivity contribution >= 4 is 22.9 Å². The summed E-state index contributed by atoms with van der Waals surface area (Å²) in [5.74, 6) is -1.10. The van der Waals surface area contributed by atoms with Gasteiger partial charge in [-0.2, -0.15) is 0 Å². The first-order chi connectivity index (χ1) is 17.1. The lowest BCUT2D eigenvalue weighted by Gasteiger charge is -2.44. The summed E-state index contributed by atoms with van der Waals surface area (Å²) in [4.78, 5) is 19.7. The van der Waals surface area contributed by atoms with Gasteiger partial charge >= 0.3 is 0 Å². The first-order valence-corrected chi connectivity index (χ1v) is 12.1. The predicted molar refractivity (Wildman–Crippen MR) is 141 cm³/mol. The van der Waals surface area contributed by atoms with Gasteiger partial charge in [0.15, 0.2) is 0 Å². The van der Waals surface area contributed by atoms with Crippen molar-refractivity contribution in [2.45, 2.75) is 32.4 Å². The van der Waals surface area contributed by atoms with E-state index in [1.54, 1.807) is 6.07 Å². The molecule has 9 heteroatoms. The highest BCUT2D eigenvalue weighted by molar-refractivity contribution is 6.08. The van der Waals surface area contributed by atoms with E-state index in [-0.39, 0.29) is 23.5 Å². The smallest absolute Gasteiger partial charge is 0.264 e. The highest BCUT2D eigenvalue weighted by Gasteiger charge is 2.30. The summed E-state index contributed by atoms with van der Waals surface area (Å²) in [7, 11) is 5.52. The van der Waals surface area contributed by atoms with Gasteiger partial charge in [-0.05, 0) is 45.6 Å². The van der Waals surface area contributed by atoms with Crippen LogP contribution in [0.3, 0.4) is 0 Å². The molecule has 196 valence electrons. The molecule has 1 amide bonds. The third-order valence-electron chi connectivity index (χ3n) is 6.85. The van der Waals surface area contributed by atoms with Crippen molar-refractivity contribution in [2.24, 2.45) is 0 Å². The third-order valence-corrected chi connectivity index (χ3v) is 6.85. The second-order valence-corrected chi connectivity index (χ2v) is 9.50. The minimum absolute atomic E-state index is 0.201.